The summed E-state index contributed by atoms with van der Waals surface area (Å²) < 4.78 is 61.0. The number of hydrogen-bond donors (Lipinski definition) is 0. The van der Waals surface area contributed by atoms with Gasteiger partial charge in [0.05, 0.1) is 13.2 Å². The fourth-order valence-corrected chi connectivity index (χ4v) is 1.76. The maximum Gasteiger partial charge on any atom is 1.00 e. The van der Waals surface area contributed by atoms with E-state index in [-0.39, 0.29) is 69.7 Å². The minimum absolute atomic E-state index is 0. The Labute approximate surface area is 151 Å². The molecule has 1 heterocycles. The van der Waals surface area contributed by atoms with Gasteiger partial charge in [0.1, 0.15) is 0 Å². The first-order valence-electron chi connectivity index (χ1n) is 5.67. The second kappa shape index (κ2) is 7.42. The smallest absolute Gasteiger partial charge is 0.490 e. The molecule has 1 fully saturated rings. The van der Waals surface area contributed by atoms with Crippen molar-refractivity contribution in [3.05, 3.63) is 24.0 Å². The van der Waals surface area contributed by atoms with Crippen LogP contribution in [0.15, 0.2) is 18.2 Å². The molecule has 1 aromatic carbocycles. The van der Waals surface area contributed by atoms with Crippen molar-refractivity contribution in [1.29, 1.82) is 0 Å². The maximum atomic E-state index is 13.3. The summed E-state index contributed by atoms with van der Waals surface area (Å²) in [4.78, 5) is 0. The van der Waals surface area contributed by atoms with Crippen molar-refractivity contribution in [3.63, 3.8) is 0 Å². The van der Waals surface area contributed by atoms with Gasteiger partial charge in [0.2, 0.25) is 0 Å². The van der Waals surface area contributed by atoms with E-state index in [1.54, 1.807) is 0 Å². The van der Waals surface area contributed by atoms with Crippen LogP contribution in [-0.2, 0) is 4.74 Å². The molecule has 8 heteroatoms. The molecule has 0 spiro atoms. The summed E-state index contributed by atoms with van der Waals surface area (Å²) in [7, 11) is 0. The van der Waals surface area contributed by atoms with Gasteiger partial charge in [-0.3, -0.25) is 0 Å². The van der Waals surface area contributed by atoms with E-state index in [1.165, 1.54) is 0 Å². The average molecular weight is 302 g/mol. The molecule has 1 saturated heterocycles. The zero-order valence-electron chi connectivity index (χ0n) is 10.5. The molecule has 100 valence electrons. The van der Waals surface area contributed by atoms with Gasteiger partial charge in [-0.15, -0.1) is 5.46 Å². The predicted octanol–water partition coefficient (Wildman–Crippen LogP) is -0.701. The van der Waals surface area contributed by atoms with E-state index in [1.807, 2.05) is 0 Å². The van der Waals surface area contributed by atoms with E-state index in [0.717, 1.165) is 18.6 Å². The van der Waals surface area contributed by atoms with Crippen LogP contribution in [0.2, 0.25) is 0 Å². The largest absolute Gasteiger partial charge is 1.00 e. The van der Waals surface area contributed by atoms with E-state index in [2.05, 4.69) is 0 Å². The van der Waals surface area contributed by atoms with Crippen molar-refractivity contribution >= 4 is 12.4 Å². The fourth-order valence-electron chi connectivity index (χ4n) is 1.76. The van der Waals surface area contributed by atoms with Gasteiger partial charge in [-0.25, -0.2) is 4.39 Å². The zero-order valence-corrected chi connectivity index (χ0v) is 13.7. The standard InChI is InChI=1S/C11H12BF4O2.K/c13-10-2-1-9(12(14,15)16)5-11(10)18-7-8-3-4-17-6-8;/h1-2,5,8H,3-4,6-7H2;/q-1;+1. The van der Waals surface area contributed by atoms with Crippen LogP contribution in [0.5, 0.6) is 5.75 Å². The number of benzene rings is 1. The summed E-state index contributed by atoms with van der Waals surface area (Å²) in [5.41, 5.74) is -0.853. The Morgan fingerprint density at radius 2 is 2.05 bits per heavy atom. The summed E-state index contributed by atoms with van der Waals surface area (Å²) in [6, 6.07) is 2.22. The van der Waals surface area contributed by atoms with Crippen molar-refractivity contribution in [2.75, 3.05) is 19.8 Å². The Morgan fingerprint density at radius 1 is 1.32 bits per heavy atom. The van der Waals surface area contributed by atoms with Crippen LogP contribution < -0.4 is 61.6 Å². The van der Waals surface area contributed by atoms with Crippen molar-refractivity contribution < 1.29 is 78.2 Å². The van der Waals surface area contributed by atoms with Crippen LogP contribution in [0.1, 0.15) is 6.42 Å². The van der Waals surface area contributed by atoms with Gasteiger partial charge >= 0.3 is 58.4 Å². The molecular formula is C11H12BF4KO2. The third-order valence-electron chi connectivity index (χ3n) is 2.83. The summed E-state index contributed by atoms with van der Waals surface area (Å²) >= 11 is 0. The Morgan fingerprint density at radius 3 is 2.63 bits per heavy atom. The third kappa shape index (κ3) is 5.02. The normalized spacial score (nSPS) is 19.1. The predicted molar refractivity (Wildman–Crippen MR) is 59.5 cm³/mol. The van der Waals surface area contributed by atoms with Crippen molar-refractivity contribution in [2.24, 2.45) is 5.92 Å². The fraction of sp³-hybridized carbons (Fsp3) is 0.455. The first kappa shape index (κ1) is 17.5. The van der Waals surface area contributed by atoms with E-state index >= 15 is 0 Å². The number of ether oxygens (including phenoxy) is 2. The van der Waals surface area contributed by atoms with Crippen LogP contribution in [-0.4, -0.2) is 26.8 Å². The minimum atomic E-state index is -5.14. The average Bonchev–Trinajstić information content (AvgIpc) is 2.79. The van der Waals surface area contributed by atoms with Crippen LogP contribution >= 0.6 is 0 Å². The molecule has 2 nitrogen and oxygen atoms in total. The van der Waals surface area contributed by atoms with Gasteiger partial charge in [-0.2, -0.15) is 0 Å². The second-order valence-electron chi connectivity index (χ2n) is 4.31. The molecule has 1 atom stereocenters. The number of hydrogen-bond acceptors (Lipinski definition) is 2. The molecule has 0 bridgehead atoms. The maximum absolute atomic E-state index is 13.3. The molecule has 19 heavy (non-hydrogen) atoms. The van der Waals surface area contributed by atoms with Gasteiger partial charge in [0.25, 0.3) is 0 Å². The van der Waals surface area contributed by atoms with E-state index in [0.29, 0.717) is 19.3 Å². The molecule has 1 aliphatic heterocycles. The summed E-state index contributed by atoms with van der Waals surface area (Å²) in [5, 5.41) is 0. The van der Waals surface area contributed by atoms with Crippen LogP contribution in [0.25, 0.3) is 0 Å². The molecule has 0 N–H and O–H groups in total. The van der Waals surface area contributed by atoms with Gasteiger partial charge in [-0.1, -0.05) is 6.07 Å². The summed E-state index contributed by atoms with van der Waals surface area (Å²) in [6.07, 6.45) is 0.782. The molecule has 0 aromatic heterocycles. The Balaban J connectivity index is 0.00000180. The SMILES string of the molecule is Fc1ccc([B-](F)(F)F)cc1OCC1CCOC1.[K+]. The molecule has 0 radical (unpaired) electrons. The van der Waals surface area contributed by atoms with Gasteiger partial charge < -0.3 is 22.4 Å². The van der Waals surface area contributed by atoms with E-state index in [4.69, 9.17) is 9.47 Å². The topological polar surface area (TPSA) is 18.5 Å². The van der Waals surface area contributed by atoms with Crippen LogP contribution in [0, 0.1) is 11.7 Å². The minimum Gasteiger partial charge on any atom is -0.490 e. The van der Waals surface area contributed by atoms with E-state index in [9.17, 15) is 17.3 Å². The molecular weight excluding hydrogens is 290 g/mol. The van der Waals surface area contributed by atoms with Crippen LogP contribution in [0.4, 0.5) is 17.3 Å². The summed E-state index contributed by atoms with van der Waals surface area (Å²) in [6.45, 7) is -3.85. The summed E-state index contributed by atoms with van der Waals surface area (Å²) in [5.74, 6) is -1.01. The first-order valence-corrected chi connectivity index (χ1v) is 5.67. The van der Waals surface area contributed by atoms with Crippen LogP contribution in [0.3, 0.4) is 0 Å². The first-order chi connectivity index (χ1) is 8.47. The van der Waals surface area contributed by atoms with Gasteiger partial charge in [0, 0.05) is 12.5 Å². The molecule has 0 saturated carbocycles. The van der Waals surface area contributed by atoms with Gasteiger partial charge in [0.15, 0.2) is 11.6 Å². The zero-order chi connectivity index (χ0) is 13.2. The Kier molecular flexibility index (Phi) is 6.82. The molecule has 1 unspecified atom stereocenters. The number of rotatable bonds is 4. The molecule has 1 aliphatic rings. The van der Waals surface area contributed by atoms with Crippen molar-refractivity contribution in [1.82, 2.24) is 0 Å². The molecule has 0 aliphatic carbocycles. The quantitative estimate of drug-likeness (QED) is 0.541. The van der Waals surface area contributed by atoms with Crippen molar-refractivity contribution in [3.8, 4) is 5.75 Å². The number of halogens is 4. The molecule has 0 amide bonds. The van der Waals surface area contributed by atoms with Crippen molar-refractivity contribution in [2.45, 2.75) is 6.42 Å². The Hall–Kier alpha value is 0.401. The Bertz CT molecular complexity index is 422. The molecule has 1 aromatic rings. The second-order valence-corrected chi connectivity index (χ2v) is 4.31. The monoisotopic (exact) mass is 302 g/mol. The third-order valence-corrected chi connectivity index (χ3v) is 2.83. The molecule has 2 rings (SSSR count). The van der Waals surface area contributed by atoms with E-state index < -0.39 is 18.3 Å². The van der Waals surface area contributed by atoms with Gasteiger partial charge in [-0.05, 0) is 18.6 Å².